The quantitative estimate of drug-likeness (QED) is 0.578. The van der Waals surface area contributed by atoms with Crippen LogP contribution in [0.5, 0.6) is 5.75 Å². The third-order valence-corrected chi connectivity index (χ3v) is 2.90. The van der Waals surface area contributed by atoms with E-state index >= 15 is 0 Å². The van der Waals surface area contributed by atoms with Crippen molar-refractivity contribution < 1.29 is 9.47 Å². The van der Waals surface area contributed by atoms with Crippen LogP contribution in [0, 0.1) is 0 Å². The van der Waals surface area contributed by atoms with Gasteiger partial charge in [0.05, 0.1) is 18.2 Å². The highest BCUT2D eigenvalue weighted by atomic mass is 16.5. The molecule has 0 radical (unpaired) electrons. The van der Waals surface area contributed by atoms with Crippen molar-refractivity contribution in [2.45, 2.75) is 39.3 Å². The average molecular weight is 252 g/mol. The van der Waals surface area contributed by atoms with Crippen molar-refractivity contribution in [1.29, 1.82) is 0 Å². The van der Waals surface area contributed by atoms with Gasteiger partial charge < -0.3 is 9.47 Å². The zero-order valence-electron chi connectivity index (χ0n) is 11.7. The molecular weight excluding hydrogens is 228 g/mol. The van der Waals surface area contributed by atoms with Gasteiger partial charge in [0.1, 0.15) is 5.75 Å². The van der Waals surface area contributed by atoms with Crippen molar-refractivity contribution in [3.63, 3.8) is 0 Å². The molecule has 0 aliphatic carbocycles. The Morgan fingerprint density at radius 3 is 2.22 bits per heavy atom. The Hall–Kier alpha value is -1.10. The van der Waals surface area contributed by atoms with E-state index in [9.17, 15) is 0 Å². The number of hydrogen-bond donors (Lipinski definition) is 2. The highest BCUT2D eigenvalue weighted by Crippen LogP contribution is 2.29. The Bertz CT molecular complexity index is 349. The van der Waals surface area contributed by atoms with Crippen molar-refractivity contribution in [1.82, 2.24) is 5.43 Å². The van der Waals surface area contributed by atoms with Crippen LogP contribution < -0.4 is 16.0 Å². The van der Waals surface area contributed by atoms with E-state index in [1.54, 1.807) is 0 Å². The van der Waals surface area contributed by atoms with Gasteiger partial charge in [0.2, 0.25) is 0 Å². The fourth-order valence-corrected chi connectivity index (χ4v) is 2.08. The van der Waals surface area contributed by atoms with Gasteiger partial charge in [0, 0.05) is 6.61 Å². The largest absolute Gasteiger partial charge is 0.494 e. The maximum atomic E-state index is 5.74. The van der Waals surface area contributed by atoms with Crippen molar-refractivity contribution >= 4 is 0 Å². The molecule has 0 bridgehead atoms. The number of nitrogens with two attached hydrogens (primary N) is 1. The van der Waals surface area contributed by atoms with E-state index in [0.717, 1.165) is 11.3 Å². The van der Waals surface area contributed by atoms with Gasteiger partial charge in [-0.1, -0.05) is 12.1 Å². The van der Waals surface area contributed by atoms with Gasteiger partial charge in [-0.05, 0) is 45.4 Å². The molecule has 0 saturated heterocycles. The van der Waals surface area contributed by atoms with E-state index in [2.05, 4.69) is 5.43 Å². The van der Waals surface area contributed by atoms with Crippen LogP contribution in [0.15, 0.2) is 24.3 Å². The second kappa shape index (κ2) is 6.73. The number of ether oxygens (including phenoxy) is 2. The third-order valence-electron chi connectivity index (χ3n) is 2.90. The predicted octanol–water partition coefficient (Wildman–Crippen LogP) is 2.40. The van der Waals surface area contributed by atoms with Crippen molar-refractivity contribution in [3.05, 3.63) is 29.8 Å². The van der Waals surface area contributed by atoms with E-state index in [1.807, 2.05) is 52.0 Å². The molecule has 18 heavy (non-hydrogen) atoms. The van der Waals surface area contributed by atoms with Gasteiger partial charge in [-0.2, -0.15) is 0 Å². The first kappa shape index (κ1) is 15.0. The summed E-state index contributed by atoms with van der Waals surface area (Å²) in [6.07, 6.45) is 0. The second-order valence-electron chi connectivity index (χ2n) is 4.64. The average Bonchev–Trinajstić information content (AvgIpc) is 2.32. The number of rotatable bonds is 7. The van der Waals surface area contributed by atoms with E-state index in [0.29, 0.717) is 13.2 Å². The summed E-state index contributed by atoms with van der Waals surface area (Å²) in [7, 11) is 0. The minimum Gasteiger partial charge on any atom is -0.494 e. The monoisotopic (exact) mass is 252 g/mol. The lowest BCUT2D eigenvalue weighted by atomic mass is 9.92. The van der Waals surface area contributed by atoms with Gasteiger partial charge in [-0.25, -0.2) is 0 Å². The van der Waals surface area contributed by atoms with Crippen LogP contribution in [-0.2, 0) is 4.74 Å². The normalized spacial score (nSPS) is 13.4. The molecule has 4 nitrogen and oxygen atoms in total. The van der Waals surface area contributed by atoms with Gasteiger partial charge in [0.25, 0.3) is 0 Å². The van der Waals surface area contributed by atoms with Crippen LogP contribution in [0.1, 0.15) is 39.3 Å². The highest BCUT2D eigenvalue weighted by Gasteiger charge is 2.30. The minimum absolute atomic E-state index is 0.0619. The van der Waals surface area contributed by atoms with Crippen molar-refractivity contribution in [3.8, 4) is 5.75 Å². The molecule has 0 heterocycles. The van der Waals surface area contributed by atoms with Gasteiger partial charge >= 0.3 is 0 Å². The molecule has 0 saturated carbocycles. The predicted molar refractivity (Wildman–Crippen MR) is 73.4 cm³/mol. The van der Waals surface area contributed by atoms with Crippen molar-refractivity contribution in [2.75, 3.05) is 13.2 Å². The molecule has 1 atom stereocenters. The highest BCUT2D eigenvalue weighted by molar-refractivity contribution is 5.30. The molecule has 1 aromatic carbocycles. The Morgan fingerprint density at radius 2 is 1.78 bits per heavy atom. The zero-order valence-corrected chi connectivity index (χ0v) is 11.7. The lowest BCUT2D eigenvalue weighted by Gasteiger charge is -2.34. The van der Waals surface area contributed by atoms with Crippen LogP contribution >= 0.6 is 0 Å². The SMILES string of the molecule is CCOc1ccc(C(NN)C(C)(C)OCC)cc1. The Balaban J connectivity index is 2.88. The minimum atomic E-state index is -0.364. The van der Waals surface area contributed by atoms with E-state index in [1.165, 1.54) is 0 Å². The molecule has 0 aliphatic rings. The van der Waals surface area contributed by atoms with E-state index in [-0.39, 0.29) is 11.6 Å². The maximum Gasteiger partial charge on any atom is 0.119 e. The fourth-order valence-electron chi connectivity index (χ4n) is 2.08. The first-order chi connectivity index (χ1) is 8.55. The standard InChI is InChI=1S/C14H24N2O2/c1-5-17-12-9-7-11(8-10-12)13(16-15)14(3,4)18-6-2/h7-10,13,16H,5-6,15H2,1-4H3. The summed E-state index contributed by atoms with van der Waals surface area (Å²) in [4.78, 5) is 0. The first-order valence-electron chi connectivity index (χ1n) is 6.38. The Labute approximate surface area is 109 Å². The van der Waals surface area contributed by atoms with Crippen LogP contribution in [0.25, 0.3) is 0 Å². The summed E-state index contributed by atoms with van der Waals surface area (Å²) < 4.78 is 11.2. The molecule has 0 aromatic heterocycles. The molecule has 4 heteroatoms. The first-order valence-corrected chi connectivity index (χ1v) is 6.38. The Morgan fingerprint density at radius 1 is 1.17 bits per heavy atom. The van der Waals surface area contributed by atoms with Gasteiger partial charge in [-0.3, -0.25) is 11.3 Å². The molecule has 0 spiro atoms. The topological polar surface area (TPSA) is 56.5 Å². The van der Waals surface area contributed by atoms with Crippen LogP contribution in [-0.4, -0.2) is 18.8 Å². The summed E-state index contributed by atoms with van der Waals surface area (Å²) in [5.74, 6) is 6.52. The molecule has 102 valence electrons. The van der Waals surface area contributed by atoms with Gasteiger partial charge in [0.15, 0.2) is 0 Å². The van der Waals surface area contributed by atoms with Crippen LogP contribution in [0.2, 0.25) is 0 Å². The third kappa shape index (κ3) is 3.70. The number of nitrogens with one attached hydrogen (secondary N) is 1. The van der Waals surface area contributed by atoms with Gasteiger partial charge in [-0.15, -0.1) is 0 Å². The summed E-state index contributed by atoms with van der Waals surface area (Å²) in [6, 6.07) is 7.86. The number of hydrogen-bond acceptors (Lipinski definition) is 4. The van der Waals surface area contributed by atoms with Crippen molar-refractivity contribution in [2.24, 2.45) is 5.84 Å². The lowest BCUT2D eigenvalue weighted by Crippen LogP contribution is -2.44. The lowest BCUT2D eigenvalue weighted by molar-refractivity contribution is -0.0392. The van der Waals surface area contributed by atoms with Crippen LogP contribution in [0.4, 0.5) is 0 Å². The smallest absolute Gasteiger partial charge is 0.119 e. The molecule has 0 amide bonds. The zero-order chi connectivity index (χ0) is 13.6. The second-order valence-corrected chi connectivity index (χ2v) is 4.64. The van der Waals surface area contributed by atoms with E-state index in [4.69, 9.17) is 15.3 Å². The summed E-state index contributed by atoms with van der Waals surface area (Å²) in [5, 5.41) is 0. The molecule has 1 unspecified atom stereocenters. The molecule has 1 aromatic rings. The molecular formula is C14H24N2O2. The molecule has 1 rings (SSSR count). The number of benzene rings is 1. The molecule has 0 aliphatic heterocycles. The summed E-state index contributed by atoms with van der Waals surface area (Å²) in [5.41, 5.74) is 3.55. The summed E-state index contributed by atoms with van der Waals surface area (Å²) in [6.45, 7) is 9.32. The maximum absolute atomic E-state index is 5.74. The summed E-state index contributed by atoms with van der Waals surface area (Å²) >= 11 is 0. The van der Waals surface area contributed by atoms with E-state index < -0.39 is 0 Å². The molecule has 3 N–H and O–H groups in total. The molecule has 0 fully saturated rings. The number of hydrazine groups is 1. The Kier molecular flexibility index (Phi) is 5.59. The fraction of sp³-hybridized carbons (Fsp3) is 0.571. The van der Waals surface area contributed by atoms with Crippen LogP contribution in [0.3, 0.4) is 0 Å².